The Morgan fingerprint density at radius 3 is 2.45 bits per heavy atom. The second-order valence-corrected chi connectivity index (χ2v) is 4.63. The second-order valence-electron chi connectivity index (χ2n) is 4.63. The van der Waals surface area contributed by atoms with Crippen LogP contribution in [0.5, 0.6) is 0 Å². The van der Waals surface area contributed by atoms with Gasteiger partial charge in [-0.1, -0.05) is 22.9 Å². The summed E-state index contributed by atoms with van der Waals surface area (Å²) in [5.41, 5.74) is 16.0. The monoisotopic (exact) mass is 275 g/mol. The number of amidine groups is 1. The van der Waals surface area contributed by atoms with E-state index in [9.17, 15) is 0 Å². The molecule has 0 amide bonds. The molecule has 0 aliphatic heterocycles. The molecule has 0 atom stereocenters. The molecule has 0 radical (unpaired) electrons. The quantitative estimate of drug-likeness (QED) is 0.495. The summed E-state index contributed by atoms with van der Waals surface area (Å²) in [6.45, 7) is 6.45. The molecule has 0 bridgehead atoms. The number of aromatic nitrogens is 2. The Morgan fingerprint density at radius 2 is 1.90 bits per heavy atom. The van der Waals surface area contributed by atoms with Gasteiger partial charge in [0.2, 0.25) is 0 Å². The van der Waals surface area contributed by atoms with Crippen molar-refractivity contribution in [1.82, 2.24) is 10.3 Å². The van der Waals surface area contributed by atoms with Crippen LogP contribution in [0.25, 0.3) is 0 Å². The molecule has 2 rings (SSSR count). The van der Waals surface area contributed by atoms with Gasteiger partial charge in [0, 0.05) is 0 Å². The van der Waals surface area contributed by atoms with E-state index in [-0.39, 0.29) is 17.3 Å². The fourth-order valence-electron chi connectivity index (χ4n) is 2.02. The zero-order chi connectivity index (χ0) is 14.7. The molecule has 0 aliphatic carbocycles. The maximum Gasteiger partial charge on any atom is 0.199 e. The minimum absolute atomic E-state index is 0.0335. The number of nitrogen functional groups attached to an aromatic ring is 1. The summed E-state index contributed by atoms with van der Waals surface area (Å²) in [6.07, 6.45) is 0. The molecule has 20 heavy (non-hydrogen) atoms. The molecule has 2 aromatic rings. The minimum Gasteiger partial charge on any atom is -0.389 e. The third kappa shape index (κ3) is 2.87. The predicted molar refractivity (Wildman–Crippen MR) is 74.9 cm³/mol. The van der Waals surface area contributed by atoms with Crippen molar-refractivity contribution < 1.29 is 9.47 Å². The first kappa shape index (κ1) is 13.9. The molecule has 1 aromatic heterocycles. The van der Waals surface area contributed by atoms with E-state index in [0.29, 0.717) is 6.61 Å². The van der Waals surface area contributed by atoms with Gasteiger partial charge in [-0.15, -0.1) is 0 Å². The Kier molecular flexibility index (Phi) is 3.88. The molecule has 106 valence electrons. The summed E-state index contributed by atoms with van der Waals surface area (Å²) in [5, 5.41) is 10.7. The van der Waals surface area contributed by atoms with Crippen LogP contribution in [0, 0.1) is 20.8 Å². The standard InChI is InChI=1S/C13H17N5O2/c1-7-4-8(2)10(9(3)5-7)6-19-17-12(14)11-13(15)18-20-16-11/h4-5H,6H2,1-3H3,(H2,14,17)(H2,15,18). The molecule has 0 aliphatic rings. The van der Waals surface area contributed by atoms with E-state index in [2.05, 4.69) is 39.2 Å². The molecular weight excluding hydrogens is 258 g/mol. The number of nitrogens with zero attached hydrogens (tertiary/aromatic N) is 3. The van der Waals surface area contributed by atoms with E-state index in [4.69, 9.17) is 16.3 Å². The second kappa shape index (κ2) is 5.60. The van der Waals surface area contributed by atoms with Crippen molar-refractivity contribution >= 4 is 11.7 Å². The lowest BCUT2D eigenvalue weighted by molar-refractivity contribution is 0.129. The normalized spacial score (nSPS) is 11.7. The average Bonchev–Trinajstić information content (AvgIpc) is 2.78. The van der Waals surface area contributed by atoms with E-state index >= 15 is 0 Å². The maximum absolute atomic E-state index is 5.69. The maximum atomic E-state index is 5.69. The highest BCUT2D eigenvalue weighted by molar-refractivity contribution is 5.98. The third-order valence-corrected chi connectivity index (χ3v) is 2.97. The van der Waals surface area contributed by atoms with Crippen LogP contribution in [0.4, 0.5) is 5.82 Å². The molecule has 7 heteroatoms. The van der Waals surface area contributed by atoms with Crippen LogP contribution in [-0.2, 0) is 11.4 Å². The predicted octanol–water partition coefficient (Wildman–Crippen LogP) is 1.41. The summed E-state index contributed by atoms with van der Waals surface area (Å²) < 4.78 is 4.44. The van der Waals surface area contributed by atoms with Gasteiger partial charge >= 0.3 is 0 Å². The first-order valence-electron chi connectivity index (χ1n) is 6.09. The summed E-state index contributed by atoms with van der Waals surface area (Å²) >= 11 is 0. The number of anilines is 1. The minimum atomic E-state index is 0.0335. The Labute approximate surface area is 116 Å². The molecule has 0 saturated heterocycles. The molecule has 1 heterocycles. The molecule has 7 nitrogen and oxygen atoms in total. The third-order valence-electron chi connectivity index (χ3n) is 2.97. The number of nitrogens with two attached hydrogens (primary N) is 2. The Hall–Kier alpha value is -2.57. The number of aryl methyl sites for hydroxylation is 3. The van der Waals surface area contributed by atoms with Gasteiger partial charge in [-0.2, -0.15) is 0 Å². The summed E-state index contributed by atoms with van der Waals surface area (Å²) in [5.74, 6) is 0.115. The molecule has 1 aromatic carbocycles. The molecular formula is C13H17N5O2. The molecule has 0 spiro atoms. The van der Waals surface area contributed by atoms with Crippen molar-refractivity contribution in [1.29, 1.82) is 0 Å². The number of oxime groups is 1. The van der Waals surface area contributed by atoms with Gasteiger partial charge < -0.3 is 16.3 Å². The topological polar surface area (TPSA) is 113 Å². The highest BCUT2D eigenvalue weighted by Crippen LogP contribution is 2.17. The largest absolute Gasteiger partial charge is 0.389 e. The van der Waals surface area contributed by atoms with Crippen LogP contribution in [0.3, 0.4) is 0 Å². The highest BCUT2D eigenvalue weighted by Gasteiger charge is 2.11. The van der Waals surface area contributed by atoms with Gasteiger partial charge in [-0.25, -0.2) is 4.63 Å². The first-order valence-corrected chi connectivity index (χ1v) is 6.09. The van der Waals surface area contributed by atoms with Gasteiger partial charge in [0.05, 0.1) is 0 Å². The van der Waals surface area contributed by atoms with E-state index in [1.807, 2.05) is 13.8 Å². The lowest BCUT2D eigenvalue weighted by Crippen LogP contribution is -2.16. The van der Waals surface area contributed by atoms with Crippen molar-refractivity contribution in [3.05, 3.63) is 40.1 Å². The van der Waals surface area contributed by atoms with Crippen LogP contribution in [0.1, 0.15) is 27.9 Å². The zero-order valence-corrected chi connectivity index (χ0v) is 11.7. The molecule has 4 N–H and O–H groups in total. The van der Waals surface area contributed by atoms with Gasteiger partial charge in [0.15, 0.2) is 17.3 Å². The van der Waals surface area contributed by atoms with Gasteiger partial charge in [0.1, 0.15) is 6.61 Å². The number of rotatable bonds is 4. The number of hydrogen-bond acceptors (Lipinski definition) is 6. The van der Waals surface area contributed by atoms with Crippen LogP contribution in [0.15, 0.2) is 21.9 Å². The van der Waals surface area contributed by atoms with Crippen LogP contribution in [0.2, 0.25) is 0 Å². The molecule has 0 fully saturated rings. The van der Waals surface area contributed by atoms with Crippen molar-refractivity contribution in [3.8, 4) is 0 Å². The van der Waals surface area contributed by atoms with Crippen molar-refractivity contribution in [2.75, 3.05) is 5.73 Å². The van der Waals surface area contributed by atoms with Gasteiger partial charge in [0.25, 0.3) is 0 Å². The van der Waals surface area contributed by atoms with Crippen LogP contribution < -0.4 is 11.5 Å². The Bertz CT molecular complexity index is 625. The molecule has 0 saturated carbocycles. The van der Waals surface area contributed by atoms with E-state index in [1.165, 1.54) is 5.56 Å². The van der Waals surface area contributed by atoms with Crippen LogP contribution >= 0.6 is 0 Å². The summed E-state index contributed by atoms with van der Waals surface area (Å²) in [4.78, 5) is 5.26. The number of benzene rings is 1. The lowest BCUT2D eigenvalue weighted by Gasteiger charge is -2.10. The van der Waals surface area contributed by atoms with E-state index in [0.717, 1.165) is 16.7 Å². The Morgan fingerprint density at radius 1 is 1.25 bits per heavy atom. The van der Waals surface area contributed by atoms with Gasteiger partial charge in [-0.3, -0.25) is 0 Å². The highest BCUT2D eigenvalue weighted by atomic mass is 16.6. The van der Waals surface area contributed by atoms with Crippen LogP contribution in [-0.4, -0.2) is 16.1 Å². The van der Waals surface area contributed by atoms with E-state index in [1.54, 1.807) is 0 Å². The van der Waals surface area contributed by atoms with Crippen molar-refractivity contribution in [3.63, 3.8) is 0 Å². The fourth-order valence-corrected chi connectivity index (χ4v) is 2.02. The summed E-state index contributed by atoms with van der Waals surface area (Å²) in [7, 11) is 0. The average molecular weight is 275 g/mol. The van der Waals surface area contributed by atoms with E-state index < -0.39 is 0 Å². The van der Waals surface area contributed by atoms with Gasteiger partial charge in [-0.05, 0) is 47.8 Å². The number of hydrogen-bond donors (Lipinski definition) is 2. The first-order chi connectivity index (χ1) is 9.49. The fraction of sp³-hybridized carbons (Fsp3) is 0.308. The molecule has 0 unspecified atom stereocenters. The Balaban J connectivity index is 2.09. The smallest absolute Gasteiger partial charge is 0.199 e. The lowest BCUT2D eigenvalue weighted by atomic mass is 10.0. The van der Waals surface area contributed by atoms with Crippen molar-refractivity contribution in [2.45, 2.75) is 27.4 Å². The zero-order valence-electron chi connectivity index (χ0n) is 11.7. The SMILES string of the molecule is Cc1cc(C)c(CO/N=C(\N)c2nonc2N)c(C)c1. The van der Waals surface area contributed by atoms with Crippen molar-refractivity contribution in [2.24, 2.45) is 10.9 Å². The summed E-state index contributed by atoms with van der Waals surface area (Å²) in [6, 6.07) is 4.19.